The quantitative estimate of drug-likeness (QED) is 0.537. The summed E-state index contributed by atoms with van der Waals surface area (Å²) >= 11 is 1.36. The second kappa shape index (κ2) is 9.32. The average molecular weight is 457 g/mol. The van der Waals surface area contributed by atoms with Crippen molar-refractivity contribution in [1.29, 1.82) is 0 Å². The van der Waals surface area contributed by atoms with E-state index in [0.717, 1.165) is 35.5 Å². The third-order valence-electron chi connectivity index (χ3n) is 5.75. The molecule has 0 unspecified atom stereocenters. The van der Waals surface area contributed by atoms with Crippen molar-refractivity contribution in [2.75, 3.05) is 31.9 Å². The number of nitrogens with one attached hydrogen (secondary N) is 1. The number of aromatic nitrogens is 3. The van der Waals surface area contributed by atoms with Gasteiger partial charge < -0.3 is 15.1 Å². The van der Waals surface area contributed by atoms with E-state index in [1.165, 1.54) is 16.7 Å². The number of nitrogens with zero attached hydrogens (tertiary/aromatic N) is 5. The van der Waals surface area contributed by atoms with Gasteiger partial charge in [0, 0.05) is 32.2 Å². The standard InChI is InChI=1S/C22H28N6O3S/c1-14-4-5-15(2)18(12-14)28-16(3)24-25-22(28)32-13-19(29)26-8-10-27(11-9-26)21(31)20(30)23-17-6-7-17/h4-5,12,17H,6-11,13H2,1-3H3,(H,23,30). The SMILES string of the molecule is Cc1ccc(C)c(-n2c(C)nnc2SCC(=O)N2CCN(C(=O)C(=O)NC3CC3)CC2)c1. The predicted molar refractivity (Wildman–Crippen MR) is 121 cm³/mol. The summed E-state index contributed by atoms with van der Waals surface area (Å²) in [6.07, 6.45) is 1.88. The lowest BCUT2D eigenvalue weighted by atomic mass is 10.1. The maximum atomic E-state index is 12.8. The topological polar surface area (TPSA) is 100 Å². The first-order valence-electron chi connectivity index (χ1n) is 10.8. The zero-order chi connectivity index (χ0) is 22.8. The van der Waals surface area contributed by atoms with Crippen LogP contribution in [0.25, 0.3) is 5.69 Å². The van der Waals surface area contributed by atoms with Crippen molar-refractivity contribution in [3.63, 3.8) is 0 Å². The number of amides is 3. The van der Waals surface area contributed by atoms with E-state index in [4.69, 9.17) is 0 Å². The molecule has 2 fully saturated rings. The minimum atomic E-state index is -0.538. The van der Waals surface area contributed by atoms with E-state index in [0.29, 0.717) is 31.3 Å². The third-order valence-corrected chi connectivity index (χ3v) is 6.67. The van der Waals surface area contributed by atoms with Crippen LogP contribution in [0.15, 0.2) is 23.4 Å². The Hall–Kier alpha value is -2.88. The van der Waals surface area contributed by atoms with Crippen molar-refractivity contribution in [3.8, 4) is 5.69 Å². The molecule has 1 aliphatic carbocycles. The maximum Gasteiger partial charge on any atom is 0.312 e. The molecule has 1 N–H and O–H groups in total. The van der Waals surface area contributed by atoms with Crippen molar-refractivity contribution >= 4 is 29.5 Å². The van der Waals surface area contributed by atoms with Gasteiger partial charge in [-0.1, -0.05) is 23.9 Å². The summed E-state index contributed by atoms with van der Waals surface area (Å²) in [5.41, 5.74) is 3.26. The lowest BCUT2D eigenvalue weighted by Gasteiger charge is -2.34. The lowest BCUT2D eigenvalue weighted by Crippen LogP contribution is -2.54. The summed E-state index contributed by atoms with van der Waals surface area (Å²) in [6.45, 7) is 7.56. The number of thioether (sulfide) groups is 1. The molecular weight excluding hydrogens is 428 g/mol. The average Bonchev–Trinajstić information content (AvgIpc) is 3.53. The van der Waals surface area contributed by atoms with E-state index in [9.17, 15) is 14.4 Å². The Morgan fingerprint density at radius 1 is 1.03 bits per heavy atom. The summed E-state index contributed by atoms with van der Waals surface area (Å²) in [5.74, 6) is -0.0542. The van der Waals surface area contributed by atoms with Crippen LogP contribution in [0.2, 0.25) is 0 Å². The second-order valence-corrected chi connectivity index (χ2v) is 9.31. The number of carbonyl (C=O) groups excluding carboxylic acids is 3. The molecule has 1 saturated heterocycles. The minimum absolute atomic E-state index is 0.0160. The Morgan fingerprint density at radius 3 is 2.41 bits per heavy atom. The summed E-state index contributed by atoms with van der Waals surface area (Å²) in [4.78, 5) is 40.3. The smallest absolute Gasteiger partial charge is 0.312 e. The summed E-state index contributed by atoms with van der Waals surface area (Å²) < 4.78 is 1.98. The number of piperazine rings is 1. The van der Waals surface area contributed by atoms with Gasteiger partial charge in [0.1, 0.15) is 5.82 Å². The Balaban J connectivity index is 1.33. The molecule has 0 atom stereocenters. The van der Waals surface area contributed by atoms with Gasteiger partial charge in [-0.05, 0) is 50.8 Å². The van der Waals surface area contributed by atoms with E-state index in [1.807, 2.05) is 25.3 Å². The molecule has 0 bridgehead atoms. The van der Waals surface area contributed by atoms with Gasteiger partial charge in [0.2, 0.25) is 5.91 Å². The first kappa shape index (κ1) is 22.3. The maximum absolute atomic E-state index is 12.8. The zero-order valence-corrected chi connectivity index (χ0v) is 19.4. The summed E-state index contributed by atoms with van der Waals surface area (Å²) in [6, 6.07) is 6.37. The first-order chi connectivity index (χ1) is 15.3. The molecule has 4 rings (SSSR count). The van der Waals surface area contributed by atoms with Gasteiger partial charge in [0.15, 0.2) is 5.16 Å². The van der Waals surface area contributed by atoms with Crippen molar-refractivity contribution in [3.05, 3.63) is 35.2 Å². The monoisotopic (exact) mass is 456 g/mol. The van der Waals surface area contributed by atoms with Crippen LogP contribution in [0.1, 0.15) is 29.8 Å². The van der Waals surface area contributed by atoms with E-state index in [2.05, 4.69) is 33.7 Å². The van der Waals surface area contributed by atoms with Crippen LogP contribution in [0.3, 0.4) is 0 Å². The summed E-state index contributed by atoms with van der Waals surface area (Å²) in [7, 11) is 0. The zero-order valence-electron chi connectivity index (χ0n) is 18.6. The van der Waals surface area contributed by atoms with Crippen LogP contribution >= 0.6 is 11.8 Å². The van der Waals surface area contributed by atoms with Gasteiger partial charge in [-0.2, -0.15) is 0 Å². The third kappa shape index (κ3) is 4.95. The van der Waals surface area contributed by atoms with Crippen molar-refractivity contribution in [2.45, 2.75) is 44.8 Å². The Bertz CT molecular complexity index is 1040. The van der Waals surface area contributed by atoms with Crippen LogP contribution in [0.5, 0.6) is 0 Å². The molecule has 1 saturated carbocycles. The van der Waals surface area contributed by atoms with Crippen LogP contribution in [-0.4, -0.2) is 80.3 Å². The number of carbonyl (C=O) groups is 3. The molecule has 1 aromatic heterocycles. The molecule has 0 spiro atoms. The number of aryl methyl sites for hydroxylation is 3. The van der Waals surface area contributed by atoms with Gasteiger partial charge >= 0.3 is 11.8 Å². The highest BCUT2D eigenvalue weighted by atomic mass is 32.2. The molecule has 1 aliphatic heterocycles. The van der Waals surface area contributed by atoms with Crippen LogP contribution in [0, 0.1) is 20.8 Å². The molecule has 0 radical (unpaired) electrons. The fourth-order valence-corrected chi connectivity index (χ4v) is 4.56. The highest BCUT2D eigenvalue weighted by Crippen LogP contribution is 2.25. The molecule has 10 heteroatoms. The minimum Gasteiger partial charge on any atom is -0.345 e. The van der Waals surface area contributed by atoms with Gasteiger partial charge in [-0.3, -0.25) is 19.0 Å². The van der Waals surface area contributed by atoms with Gasteiger partial charge in [0.05, 0.1) is 11.4 Å². The Morgan fingerprint density at radius 2 is 1.72 bits per heavy atom. The van der Waals surface area contributed by atoms with Crippen molar-refractivity contribution in [2.24, 2.45) is 0 Å². The highest BCUT2D eigenvalue weighted by molar-refractivity contribution is 7.99. The predicted octanol–water partition coefficient (Wildman–Crippen LogP) is 1.23. The largest absolute Gasteiger partial charge is 0.345 e. The molecule has 170 valence electrons. The van der Waals surface area contributed by atoms with Gasteiger partial charge in [-0.25, -0.2) is 0 Å². The van der Waals surface area contributed by atoms with Gasteiger partial charge in [0.25, 0.3) is 0 Å². The molecule has 2 heterocycles. The van der Waals surface area contributed by atoms with E-state index < -0.39 is 11.8 Å². The Labute approximate surface area is 191 Å². The first-order valence-corrected chi connectivity index (χ1v) is 11.8. The summed E-state index contributed by atoms with van der Waals surface area (Å²) in [5, 5.41) is 11.9. The number of hydrogen-bond donors (Lipinski definition) is 1. The van der Waals surface area contributed by atoms with E-state index in [1.54, 1.807) is 4.90 Å². The second-order valence-electron chi connectivity index (χ2n) is 8.36. The van der Waals surface area contributed by atoms with E-state index >= 15 is 0 Å². The molecule has 9 nitrogen and oxygen atoms in total. The van der Waals surface area contributed by atoms with Crippen molar-refractivity contribution in [1.82, 2.24) is 29.9 Å². The van der Waals surface area contributed by atoms with Crippen molar-refractivity contribution < 1.29 is 14.4 Å². The molecular formula is C22H28N6O3S. The van der Waals surface area contributed by atoms with Crippen LogP contribution in [-0.2, 0) is 14.4 Å². The van der Waals surface area contributed by atoms with Gasteiger partial charge in [-0.15, -0.1) is 10.2 Å². The highest BCUT2D eigenvalue weighted by Gasteiger charge is 2.31. The van der Waals surface area contributed by atoms with Crippen LogP contribution < -0.4 is 5.32 Å². The molecule has 2 aromatic rings. The molecule has 3 amide bonds. The fourth-order valence-electron chi connectivity index (χ4n) is 3.67. The van der Waals surface area contributed by atoms with E-state index in [-0.39, 0.29) is 17.7 Å². The number of rotatable bonds is 5. The molecule has 2 aliphatic rings. The Kier molecular flexibility index (Phi) is 6.50. The molecule has 1 aromatic carbocycles. The number of hydrogen-bond acceptors (Lipinski definition) is 6. The lowest BCUT2D eigenvalue weighted by molar-refractivity contribution is -0.148. The molecule has 32 heavy (non-hydrogen) atoms. The normalized spacial score (nSPS) is 16.2. The number of benzene rings is 1. The van der Waals surface area contributed by atoms with Crippen LogP contribution in [0.4, 0.5) is 0 Å². The fraction of sp³-hybridized carbons (Fsp3) is 0.500.